The maximum absolute atomic E-state index is 5.36. The molecule has 1 aromatic heterocycles. The van der Waals surface area contributed by atoms with Gasteiger partial charge in [-0.2, -0.15) is 0 Å². The van der Waals surface area contributed by atoms with Crippen LogP contribution in [0.3, 0.4) is 0 Å². The molecule has 0 aromatic carbocycles. The van der Waals surface area contributed by atoms with Crippen LogP contribution >= 0.6 is 0 Å². The molecule has 4 heteroatoms. The Bertz CT molecular complexity index is 335. The van der Waals surface area contributed by atoms with Gasteiger partial charge < -0.3 is 10.1 Å². The minimum absolute atomic E-state index is 0.449. The van der Waals surface area contributed by atoms with Crippen LogP contribution in [0.2, 0.25) is 0 Å². The van der Waals surface area contributed by atoms with Crippen molar-refractivity contribution in [3.05, 3.63) is 18.1 Å². The summed E-state index contributed by atoms with van der Waals surface area (Å²) in [7, 11) is 1.80. The van der Waals surface area contributed by atoms with Gasteiger partial charge >= 0.3 is 0 Å². The van der Waals surface area contributed by atoms with Gasteiger partial charge in [0.15, 0.2) is 0 Å². The van der Waals surface area contributed by atoms with Crippen LogP contribution in [0.1, 0.15) is 31.4 Å². The third kappa shape index (κ3) is 2.92. The zero-order valence-electron chi connectivity index (χ0n) is 9.94. The standard InChI is InChI=1S/C12H19N3O/c1-9-7-12(14-8-13-9)15-10-3-5-11(16-2)6-4-10/h7-8,10-11H,3-6H2,1-2H3,(H,13,14,15)/t10-,11+. The van der Waals surface area contributed by atoms with Crippen molar-refractivity contribution < 1.29 is 4.74 Å². The minimum Gasteiger partial charge on any atom is -0.381 e. The normalized spacial score (nSPS) is 25.4. The van der Waals surface area contributed by atoms with E-state index in [4.69, 9.17) is 4.74 Å². The zero-order valence-corrected chi connectivity index (χ0v) is 9.94. The molecule has 0 aliphatic heterocycles. The minimum atomic E-state index is 0.449. The molecular weight excluding hydrogens is 202 g/mol. The highest BCUT2D eigenvalue weighted by molar-refractivity contribution is 5.35. The number of aromatic nitrogens is 2. The van der Waals surface area contributed by atoms with Crippen molar-refractivity contribution in [3.63, 3.8) is 0 Å². The van der Waals surface area contributed by atoms with E-state index in [1.807, 2.05) is 13.0 Å². The Hall–Kier alpha value is -1.16. The third-order valence-corrected chi connectivity index (χ3v) is 3.16. The molecule has 1 aliphatic carbocycles. The summed E-state index contributed by atoms with van der Waals surface area (Å²) < 4.78 is 5.36. The number of nitrogens with one attached hydrogen (secondary N) is 1. The Morgan fingerprint density at radius 3 is 2.62 bits per heavy atom. The second kappa shape index (κ2) is 5.25. The van der Waals surface area contributed by atoms with Crippen LogP contribution in [-0.4, -0.2) is 29.2 Å². The molecule has 4 nitrogen and oxygen atoms in total. The van der Waals surface area contributed by atoms with Gasteiger partial charge in [-0.15, -0.1) is 0 Å². The highest BCUT2D eigenvalue weighted by Gasteiger charge is 2.20. The molecule has 0 radical (unpaired) electrons. The van der Waals surface area contributed by atoms with Crippen molar-refractivity contribution in [2.24, 2.45) is 0 Å². The molecule has 0 spiro atoms. The summed E-state index contributed by atoms with van der Waals surface area (Å²) >= 11 is 0. The second-order valence-corrected chi connectivity index (χ2v) is 4.40. The molecule has 1 aromatic rings. The lowest BCUT2D eigenvalue weighted by Crippen LogP contribution is -2.29. The molecule has 0 bridgehead atoms. The molecule has 88 valence electrons. The Kier molecular flexibility index (Phi) is 3.72. The number of rotatable bonds is 3. The number of hydrogen-bond acceptors (Lipinski definition) is 4. The summed E-state index contributed by atoms with van der Waals surface area (Å²) in [6.07, 6.45) is 6.64. The van der Waals surface area contributed by atoms with E-state index in [0.29, 0.717) is 12.1 Å². The number of hydrogen-bond donors (Lipinski definition) is 1. The van der Waals surface area contributed by atoms with E-state index in [1.165, 1.54) is 0 Å². The van der Waals surface area contributed by atoms with Crippen LogP contribution in [0.15, 0.2) is 12.4 Å². The van der Waals surface area contributed by atoms with E-state index in [1.54, 1.807) is 13.4 Å². The third-order valence-electron chi connectivity index (χ3n) is 3.16. The lowest BCUT2D eigenvalue weighted by Gasteiger charge is -2.28. The first-order valence-corrected chi connectivity index (χ1v) is 5.86. The van der Waals surface area contributed by atoms with Gasteiger partial charge in [0.25, 0.3) is 0 Å². The first-order chi connectivity index (χ1) is 7.78. The Labute approximate surface area is 96.4 Å². The largest absolute Gasteiger partial charge is 0.381 e. The fourth-order valence-electron chi connectivity index (χ4n) is 2.19. The summed E-state index contributed by atoms with van der Waals surface area (Å²) in [4.78, 5) is 8.31. The summed E-state index contributed by atoms with van der Waals surface area (Å²) in [5, 5.41) is 3.46. The fraction of sp³-hybridized carbons (Fsp3) is 0.667. The summed E-state index contributed by atoms with van der Waals surface area (Å²) in [5.74, 6) is 0.938. The van der Waals surface area contributed by atoms with Crippen LogP contribution in [-0.2, 0) is 4.74 Å². The van der Waals surface area contributed by atoms with Crippen molar-refractivity contribution in [1.82, 2.24) is 9.97 Å². The second-order valence-electron chi connectivity index (χ2n) is 4.40. The fourth-order valence-corrected chi connectivity index (χ4v) is 2.19. The predicted octanol–water partition coefficient (Wildman–Crippen LogP) is 2.15. The average Bonchev–Trinajstić information content (AvgIpc) is 2.30. The molecule has 0 atom stereocenters. The zero-order chi connectivity index (χ0) is 11.4. The molecule has 16 heavy (non-hydrogen) atoms. The van der Waals surface area contributed by atoms with Crippen molar-refractivity contribution in [2.45, 2.75) is 44.8 Å². The van der Waals surface area contributed by atoms with Gasteiger partial charge in [0.2, 0.25) is 0 Å². The molecular formula is C12H19N3O. The molecule has 0 unspecified atom stereocenters. The Morgan fingerprint density at radius 1 is 1.25 bits per heavy atom. The maximum atomic E-state index is 5.36. The number of methoxy groups -OCH3 is 1. The van der Waals surface area contributed by atoms with Gasteiger partial charge in [0, 0.05) is 24.9 Å². The molecule has 1 fully saturated rings. The van der Waals surface area contributed by atoms with E-state index >= 15 is 0 Å². The molecule has 0 saturated heterocycles. The quantitative estimate of drug-likeness (QED) is 0.849. The van der Waals surface area contributed by atoms with Crippen LogP contribution in [0.25, 0.3) is 0 Å². The van der Waals surface area contributed by atoms with Crippen LogP contribution in [0, 0.1) is 6.92 Å². The van der Waals surface area contributed by atoms with Crippen molar-refractivity contribution in [1.29, 1.82) is 0 Å². The lowest BCUT2D eigenvalue weighted by atomic mass is 9.93. The van der Waals surface area contributed by atoms with Gasteiger partial charge in [-0.1, -0.05) is 0 Å². The average molecular weight is 221 g/mol. The van der Waals surface area contributed by atoms with Gasteiger partial charge in [-0.25, -0.2) is 9.97 Å². The van der Waals surface area contributed by atoms with Crippen molar-refractivity contribution in [3.8, 4) is 0 Å². The number of nitrogens with zero attached hydrogens (tertiary/aromatic N) is 2. The van der Waals surface area contributed by atoms with Crippen molar-refractivity contribution >= 4 is 5.82 Å². The van der Waals surface area contributed by atoms with E-state index in [-0.39, 0.29) is 0 Å². The van der Waals surface area contributed by atoms with Gasteiger partial charge in [-0.3, -0.25) is 0 Å². The first kappa shape index (κ1) is 11.3. The molecule has 1 aliphatic rings. The highest BCUT2D eigenvalue weighted by atomic mass is 16.5. The summed E-state index contributed by atoms with van der Waals surface area (Å²) in [6, 6.07) is 2.52. The number of ether oxygens (including phenoxy) is 1. The molecule has 0 amide bonds. The van der Waals surface area contributed by atoms with Crippen LogP contribution in [0.4, 0.5) is 5.82 Å². The molecule has 2 rings (SSSR count). The smallest absolute Gasteiger partial charge is 0.129 e. The Balaban J connectivity index is 1.87. The lowest BCUT2D eigenvalue weighted by molar-refractivity contribution is 0.0681. The highest BCUT2D eigenvalue weighted by Crippen LogP contribution is 2.23. The summed E-state index contributed by atoms with van der Waals surface area (Å²) in [5.41, 5.74) is 1.00. The monoisotopic (exact) mass is 221 g/mol. The number of aryl methyl sites for hydroxylation is 1. The van der Waals surface area contributed by atoms with Gasteiger partial charge in [0.05, 0.1) is 6.10 Å². The first-order valence-electron chi connectivity index (χ1n) is 5.86. The van der Waals surface area contributed by atoms with Crippen LogP contribution < -0.4 is 5.32 Å². The van der Waals surface area contributed by atoms with E-state index in [0.717, 1.165) is 37.2 Å². The van der Waals surface area contributed by atoms with E-state index < -0.39 is 0 Å². The Morgan fingerprint density at radius 2 is 2.00 bits per heavy atom. The van der Waals surface area contributed by atoms with Gasteiger partial charge in [0.1, 0.15) is 12.1 Å². The van der Waals surface area contributed by atoms with Gasteiger partial charge in [-0.05, 0) is 32.6 Å². The molecule has 1 saturated carbocycles. The van der Waals surface area contributed by atoms with Crippen molar-refractivity contribution in [2.75, 3.05) is 12.4 Å². The maximum Gasteiger partial charge on any atom is 0.129 e. The molecule has 1 heterocycles. The molecule has 1 N–H and O–H groups in total. The SMILES string of the molecule is CO[C@H]1CC[C@@H](Nc2cc(C)ncn2)CC1. The predicted molar refractivity (Wildman–Crippen MR) is 63.4 cm³/mol. The summed E-state index contributed by atoms with van der Waals surface area (Å²) in [6.45, 7) is 1.98. The van der Waals surface area contributed by atoms with E-state index in [9.17, 15) is 0 Å². The number of anilines is 1. The topological polar surface area (TPSA) is 47.0 Å². The van der Waals surface area contributed by atoms with Crippen LogP contribution in [0.5, 0.6) is 0 Å². The van der Waals surface area contributed by atoms with E-state index in [2.05, 4.69) is 15.3 Å².